The van der Waals surface area contributed by atoms with Crippen LogP contribution in [0, 0.1) is 11.8 Å². The molecule has 0 bridgehead atoms. The third-order valence-corrected chi connectivity index (χ3v) is 13.3. The Morgan fingerprint density at radius 2 is 0.983 bits per heavy atom. The largest absolute Gasteiger partial charge is 0.481 e. The average molecular weight is 813 g/mol. The molecule has 1 aromatic rings. The zero-order chi connectivity index (χ0) is 42.3. The Hall–Kier alpha value is -2.61. The van der Waals surface area contributed by atoms with Crippen LogP contribution in [0.15, 0.2) is 0 Å². The number of nitrogens with zero attached hydrogens (tertiary/aromatic N) is 5. The smallest absolute Gasteiger partial charge is 0.303 e. The van der Waals surface area contributed by atoms with Crippen LogP contribution in [0.1, 0.15) is 198 Å². The van der Waals surface area contributed by atoms with Crippen molar-refractivity contribution in [3.63, 3.8) is 0 Å². The molecule has 2 saturated carbocycles. The van der Waals surface area contributed by atoms with E-state index < -0.39 is 11.9 Å². The molecular weight excluding hydrogens is 733 g/mol. The number of hydrogen-bond donors (Lipinski definition) is 4. The number of carbonyl (C=O) groups excluding carboxylic acids is 1. The molecule has 5 rings (SSSR count). The Morgan fingerprint density at radius 1 is 0.621 bits per heavy atom. The summed E-state index contributed by atoms with van der Waals surface area (Å²) in [4.78, 5) is 52.4. The topological polar surface area (TPSA) is 154 Å². The van der Waals surface area contributed by atoms with Gasteiger partial charge in [0.15, 0.2) is 0 Å². The summed E-state index contributed by atoms with van der Waals surface area (Å²) in [6, 6.07) is 0.153. The van der Waals surface area contributed by atoms with Gasteiger partial charge in [0.05, 0.1) is 18.6 Å². The minimum atomic E-state index is -1.03. The van der Waals surface area contributed by atoms with Crippen molar-refractivity contribution in [2.75, 3.05) is 16.0 Å². The minimum absolute atomic E-state index is 0.0766. The summed E-state index contributed by atoms with van der Waals surface area (Å²) >= 11 is 0. The van der Waals surface area contributed by atoms with E-state index in [4.69, 9.17) is 24.6 Å². The van der Waals surface area contributed by atoms with E-state index in [0.29, 0.717) is 23.7 Å². The summed E-state index contributed by atoms with van der Waals surface area (Å²) < 4.78 is 0. The molecule has 1 amide bonds. The van der Waals surface area contributed by atoms with Crippen LogP contribution in [0.5, 0.6) is 0 Å². The first-order chi connectivity index (χ1) is 27.3. The number of piperidine rings is 2. The Bertz CT molecular complexity index is 1360. The second-order valence-corrected chi connectivity index (χ2v) is 20.7. The van der Waals surface area contributed by atoms with Gasteiger partial charge in [0.25, 0.3) is 0 Å². The molecule has 13 heteroatoms. The quantitative estimate of drug-likeness (QED) is 0.112. The molecular formula is C45H80N8O5. The maximum Gasteiger partial charge on any atom is 0.303 e. The van der Waals surface area contributed by atoms with Crippen molar-refractivity contribution in [2.45, 2.75) is 244 Å². The van der Waals surface area contributed by atoms with E-state index in [0.717, 1.165) is 77.0 Å². The summed E-state index contributed by atoms with van der Waals surface area (Å²) in [7, 11) is 0. The number of carboxylic acids is 1. The van der Waals surface area contributed by atoms with Gasteiger partial charge in [0, 0.05) is 40.7 Å². The first kappa shape index (κ1) is 46.5. The molecule has 2 aliphatic heterocycles. The number of carboxylic acid groups (broad SMARTS) is 1. The number of carbonyl (C=O) groups is 2. The molecule has 1 aromatic heterocycles. The maximum atomic E-state index is 13.0. The van der Waals surface area contributed by atoms with Crippen molar-refractivity contribution in [3.8, 4) is 0 Å². The molecule has 2 unspecified atom stereocenters. The number of anilines is 3. The van der Waals surface area contributed by atoms with Gasteiger partial charge >= 0.3 is 5.97 Å². The first-order valence-corrected chi connectivity index (χ1v) is 23.1. The number of nitrogens with one attached hydrogen (secondary N) is 3. The van der Waals surface area contributed by atoms with Crippen molar-refractivity contribution in [3.05, 3.63) is 0 Å². The molecule has 4 aliphatic rings. The fourth-order valence-electron chi connectivity index (χ4n) is 11.2. The van der Waals surface area contributed by atoms with E-state index in [2.05, 4.69) is 95.3 Å². The average Bonchev–Trinajstić information content (AvgIpc) is 3.13. The Morgan fingerprint density at radius 3 is 1.33 bits per heavy atom. The lowest BCUT2D eigenvalue weighted by Gasteiger charge is -2.56. The van der Waals surface area contributed by atoms with E-state index in [-0.39, 0.29) is 65.2 Å². The van der Waals surface area contributed by atoms with Gasteiger partial charge in [-0.05, 0) is 131 Å². The molecule has 0 spiro atoms. The van der Waals surface area contributed by atoms with Gasteiger partial charge in [-0.3, -0.25) is 24.6 Å². The number of aliphatic carboxylic acids is 1. The van der Waals surface area contributed by atoms with E-state index in [1.807, 2.05) is 0 Å². The van der Waals surface area contributed by atoms with Crippen LogP contribution < -0.4 is 16.0 Å². The van der Waals surface area contributed by atoms with Crippen molar-refractivity contribution < 1.29 is 24.4 Å². The highest BCUT2D eigenvalue weighted by Gasteiger charge is 2.50. The molecule has 0 aromatic carbocycles. The fraction of sp³-hybridized carbons (Fsp3) is 0.889. The Labute approximate surface area is 350 Å². The lowest BCUT2D eigenvalue weighted by Crippen LogP contribution is -2.63. The molecule has 4 fully saturated rings. The fourth-order valence-corrected chi connectivity index (χ4v) is 11.2. The molecule has 2 aliphatic carbocycles. The highest BCUT2D eigenvalue weighted by Crippen LogP contribution is 2.47. The molecule has 58 heavy (non-hydrogen) atoms. The van der Waals surface area contributed by atoms with Crippen LogP contribution in [0.25, 0.3) is 0 Å². The molecule has 2 saturated heterocycles. The number of rotatable bonds is 18. The van der Waals surface area contributed by atoms with E-state index in [1.165, 1.54) is 38.5 Å². The van der Waals surface area contributed by atoms with Crippen molar-refractivity contribution in [2.24, 2.45) is 11.8 Å². The Kier molecular flexibility index (Phi) is 15.9. The van der Waals surface area contributed by atoms with Gasteiger partial charge in [-0.25, -0.2) is 0 Å². The Balaban J connectivity index is 1.39. The second-order valence-electron chi connectivity index (χ2n) is 20.7. The molecule has 0 radical (unpaired) electrons. The molecule has 13 nitrogen and oxygen atoms in total. The molecule has 4 N–H and O–H groups in total. The highest BCUT2D eigenvalue weighted by atomic mass is 16.7. The monoisotopic (exact) mass is 813 g/mol. The van der Waals surface area contributed by atoms with E-state index in [1.54, 1.807) is 0 Å². The second kappa shape index (κ2) is 19.8. The zero-order valence-electron chi connectivity index (χ0n) is 37.9. The number of hydroxylamine groups is 4. The predicted molar refractivity (Wildman–Crippen MR) is 231 cm³/mol. The van der Waals surface area contributed by atoms with Gasteiger partial charge < -0.3 is 15.7 Å². The van der Waals surface area contributed by atoms with Crippen LogP contribution in [0.4, 0.5) is 17.8 Å². The first-order valence-electron chi connectivity index (χ1n) is 23.1. The summed E-state index contributed by atoms with van der Waals surface area (Å²) in [5.74, 6) is 0.104. The summed E-state index contributed by atoms with van der Waals surface area (Å²) in [5, 5.41) is 24.2. The van der Waals surface area contributed by atoms with Crippen LogP contribution in [0.3, 0.4) is 0 Å². The summed E-state index contributed by atoms with van der Waals surface area (Å²) in [6.07, 6.45) is 19.8. The normalized spacial score (nSPS) is 24.5. The molecule has 3 heterocycles. The van der Waals surface area contributed by atoms with Gasteiger partial charge in [-0.15, -0.1) is 0 Å². The van der Waals surface area contributed by atoms with Crippen LogP contribution in [-0.4, -0.2) is 88.5 Å². The zero-order valence-corrected chi connectivity index (χ0v) is 37.9. The van der Waals surface area contributed by atoms with Crippen LogP contribution in [0.2, 0.25) is 0 Å². The summed E-state index contributed by atoms with van der Waals surface area (Å²) in [5.41, 5.74) is -0.728. The predicted octanol–water partition coefficient (Wildman–Crippen LogP) is 9.90. The van der Waals surface area contributed by atoms with Crippen LogP contribution in [-0.2, 0) is 19.3 Å². The van der Waals surface area contributed by atoms with Crippen molar-refractivity contribution >= 4 is 29.7 Å². The van der Waals surface area contributed by atoms with Crippen molar-refractivity contribution in [1.82, 2.24) is 25.1 Å². The SMILES string of the molecule is CCCC(Nc1nc(NC(=O)CCC(=O)O)nc(NC(CCC)C2CC(C)(C)N(OC3CCCCC3)C(C)(C)C2)n1)C1CC(C)(C)N(OC2CCCCC2)C(C)(C)C1. The van der Waals surface area contributed by atoms with Gasteiger partial charge in [0.2, 0.25) is 23.8 Å². The van der Waals surface area contributed by atoms with Gasteiger partial charge in [-0.2, -0.15) is 25.1 Å². The van der Waals surface area contributed by atoms with Gasteiger partial charge in [-0.1, -0.05) is 65.2 Å². The number of hydrogen-bond acceptors (Lipinski definition) is 11. The maximum absolute atomic E-state index is 13.0. The number of amides is 1. The van der Waals surface area contributed by atoms with Crippen molar-refractivity contribution in [1.29, 1.82) is 0 Å². The molecule has 330 valence electrons. The molecule has 2 atom stereocenters. The summed E-state index contributed by atoms with van der Waals surface area (Å²) in [6.45, 7) is 22.9. The minimum Gasteiger partial charge on any atom is -0.481 e. The standard InChI is InChI=1S/C45H80N8O5/c1-11-19-35(31-27-42(3,4)52(43(5,6)28-31)57-33-21-15-13-16-22-33)46-39-49-40(51-41(50-39)48-37(54)25-26-38(55)56)47-36(20-12-2)32-29-44(7,8)53(45(9,10)30-32)58-34-23-17-14-18-24-34/h31-36H,11-30H2,1-10H3,(H,55,56)(H3,46,47,48,49,50,51,54). The van der Waals surface area contributed by atoms with E-state index in [9.17, 15) is 14.7 Å². The lowest BCUT2D eigenvalue weighted by molar-refractivity contribution is -0.314. The number of aromatic nitrogens is 3. The van der Waals surface area contributed by atoms with E-state index >= 15 is 0 Å². The lowest BCUT2D eigenvalue weighted by atomic mass is 9.71. The third-order valence-electron chi connectivity index (χ3n) is 13.3. The van der Waals surface area contributed by atoms with Gasteiger partial charge in [0.1, 0.15) is 0 Å². The highest BCUT2D eigenvalue weighted by molar-refractivity contribution is 5.91. The third kappa shape index (κ3) is 12.5. The van der Waals surface area contributed by atoms with Crippen LogP contribution >= 0.6 is 0 Å².